The van der Waals surface area contributed by atoms with E-state index in [-0.39, 0.29) is 18.3 Å². The van der Waals surface area contributed by atoms with Gasteiger partial charge in [0.2, 0.25) is 5.91 Å². The summed E-state index contributed by atoms with van der Waals surface area (Å²) >= 11 is 0. The fourth-order valence-electron chi connectivity index (χ4n) is 3.85. The smallest absolute Gasteiger partial charge is 0.320 e. The van der Waals surface area contributed by atoms with Gasteiger partial charge in [0.15, 0.2) is 0 Å². The largest absolute Gasteiger partial charge is 0.355 e. The summed E-state index contributed by atoms with van der Waals surface area (Å²) in [4.78, 5) is 17.6. The molecule has 0 aliphatic heterocycles. The Bertz CT molecular complexity index is 1120. The highest BCUT2D eigenvalue weighted by Gasteiger charge is 2.25. The molecule has 158 valence electrons. The molecular formula is C25H23F2N3O. The maximum Gasteiger partial charge on any atom is 0.320 e. The fraction of sp³-hybridized carbons (Fsp3) is 0.200. The number of amides is 1. The minimum absolute atomic E-state index is 0.177. The van der Waals surface area contributed by atoms with Gasteiger partial charge in [0, 0.05) is 12.5 Å². The number of hydrogen-bond acceptors (Lipinski definition) is 2. The number of aromatic nitrogens is 2. The first-order valence-electron chi connectivity index (χ1n) is 10.2. The van der Waals surface area contributed by atoms with Crippen LogP contribution < -0.4 is 5.32 Å². The van der Waals surface area contributed by atoms with Gasteiger partial charge in [0.05, 0.1) is 17.0 Å². The van der Waals surface area contributed by atoms with Crippen LogP contribution in [0.4, 0.5) is 8.78 Å². The van der Waals surface area contributed by atoms with E-state index < -0.39 is 18.4 Å². The Hall–Kier alpha value is -3.54. The summed E-state index contributed by atoms with van der Waals surface area (Å²) < 4.78 is 28.5. The maximum absolute atomic E-state index is 13.8. The van der Waals surface area contributed by atoms with Crippen molar-refractivity contribution in [1.82, 2.24) is 14.9 Å². The highest BCUT2D eigenvalue weighted by Crippen LogP contribution is 2.28. The van der Waals surface area contributed by atoms with Crippen LogP contribution in [0.25, 0.3) is 11.0 Å². The van der Waals surface area contributed by atoms with Crippen molar-refractivity contribution in [3.05, 3.63) is 102 Å². The molecule has 1 aromatic heterocycles. The van der Waals surface area contributed by atoms with Crippen LogP contribution in [-0.2, 0) is 4.79 Å². The quantitative estimate of drug-likeness (QED) is 0.431. The van der Waals surface area contributed by atoms with Crippen LogP contribution in [0.15, 0.2) is 84.9 Å². The number of carbonyl (C=O) groups is 1. The molecule has 3 aromatic carbocycles. The topological polar surface area (TPSA) is 46.9 Å². The van der Waals surface area contributed by atoms with E-state index in [1.165, 1.54) is 0 Å². The molecule has 0 spiro atoms. The predicted octanol–water partition coefficient (Wildman–Crippen LogP) is 5.48. The number of nitrogens with one attached hydrogen (secondary N) is 1. The Balaban J connectivity index is 1.57. The molecule has 0 aliphatic rings. The Morgan fingerprint density at radius 3 is 2.03 bits per heavy atom. The third-order valence-electron chi connectivity index (χ3n) is 5.37. The van der Waals surface area contributed by atoms with Crippen molar-refractivity contribution in [3.63, 3.8) is 0 Å². The van der Waals surface area contributed by atoms with Gasteiger partial charge in [0.25, 0.3) is 0 Å². The lowest BCUT2D eigenvalue weighted by Gasteiger charge is -2.20. The molecule has 4 rings (SSSR count). The standard InChI is InChI=1S/C25H23F2N3O/c1-17(23-29-20-14-8-9-15-21(20)30(23)25(26)27)16-28-24(31)22(18-10-4-2-5-11-18)19-12-6-3-7-13-19/h2-15,17,22,25H,16H2,1H3,(H,28,31)/t17-/m1/s1. The first-order valence-corrected chi connectivity index (χ1v) is 10.2. The fourth-order valence-corrected chi connectivity index (χ4v) is 3.85. The summed E-state index contributed by atoms with van der Waals surface area (Å²) in [5, 5.41) is 2.95. The minimum Gasteiger partial charge on any atom is -0.355 e. The SMILES string of the molecule is C[C@H](CNC(=O)C(c1ccccc1)c1ccccc1)c1nc2ccccc2n1C(F)F. The number of rotatable bonds is 7. The number of para-hydroxylation sites is 2. The molecular weight excluding hydrogens is 396 g/mol. The molecule has 0 fully saturated rings. The molecule has 0 bridgehead atoms. The van der Waals surface area contributed by atoms with Gasteiger partial charge in [-0.15, -0.1) is 0 Å². The number of alkyl halides is 2. The Labute approximate surface area is 179 Å². The molecule has 1 heterocycles. The van der Waals surface area contributed by atoms with Gasteiger partial charge < -0.3 is 5.32 Å². The van der Waals surface area contributed by atoms with Crippen molar-refractivity contribution < 1.29 is 13.6 Å². The van der Waals surface area contributed by atoms with Gasteiger partial charge in [-0.2, -0.15) is 8.78 Å². The monoisotopic (exact) mass is 419 g/mol. The lowest BCUT2D eigenvalue weighted by Crippen LogP contribution is -2.33. The summed E-state index contributed by atoms with van der Waals surface area (Å²) in [5.41, 5.74) is 2.65. The molecule has 6 heteroatoms. The van der Waals surface area contributed by atoms with Crippen molar-refractivity contribution in [3.8, 4) is 0 Å². The van der Waals surface area contributed by atoms with Crippen LogP contribution >= 0.6 is 0 Å². The molecule has 0 aliphatic carbocycles. The van der Waals surface area contributed by atoms with Gasteiger partial charge in [-0.3, -0.25) is 9.36 Å². The zero-order chi connectivity index (χ0) is 21.8. The van der Waals surface area contributed by atoms with Gasteiger partial charge in [-0.05, 0) is 23.3 Å². The number of halogens is 2. The van der Waals surface area contributed by atoms with E-state index >= 15 is 0 Å². The molecule has 0 radical (unpaired) electrons. The second-order valence-electron chi connectivity index (χ2n) is 7.51. The lowest BCUT2D eigenvalue weighted by molar-refractivity contribution is -0.121. The molecule has 31 heavy (non-hydrogen) atoms. The molecule has 1 amide bonds. The number of imidazole rings is 1. The second kappa shape index (κ2) is 9.08. The molecule has 0 saturated heterocycles. The first kappa shape index (κ1) is 20.7. The van der Waals surface area contributed by atoms with E-state index in [0.717, 1.165) is 15.7 Å². The summed E-state index contributed by atoms with van der Waals surface area (Å²) in [6.07, 6.45) is 0. The van der Waals surface area contributed by atoms with E-state index in [9.17, 15) is 13.6 Å². The number of nitrogens with zero attached hydrogens (tertiary/aromatic N) is 2. The average Bonchev–Trinajstić information content (AvgIpc) is 3.19. The Morgan fingerprint density at radius 1 is 0.903 bits per heavy atom. The molecule has 4 aromatic rings. The van der Waals surface area contributed by atoms with Crippen molar-refractivity contribution in [2.75, 3.05) is 6.54 Å². The lowest BCUT2D eigenvalue weighted by atomic mass is 9.90. The average molecular weight is 419 g/mol. The molecule has 1 N–H and O–H groups in total. The van der Waals surface area contributed by atoms with Crippen LogP contribution in [0.3, 0.4) is 0 Å². The number of hydrogen-bond donors (Lipinski definition) is 1. The number of carbonyl (C=O) groups excluding carboxylic acids is 1. The van der Waals surface area contributed by atoms with Crippen LogP contribution in [0.5, 0.6) is 0 Å². The van der Waals surface area contributed by atoms with E-state index in [0.29, 0.717) is 11.0 Å². The zero-order valence-corrected chi connectivity index (χ0v) is 17.1. The summed E-state index contributed by atoms with van der Waals surface area (Å²) in [5.74, 6) is -0.794. The van der Waals surface area contributed by atoms with E-state index in [1.807, 2.05) is 60.7 Å². The third-order valence-corrected chi connectivity index (χ3v) is 5.37. The van der Waals surface area contributed by atoms with Gasteiger partial charge in [0.1, 0.15) is 5.82 Å². The van der Waals surface area contributed by atoms with Crippen molar-refractivity contribution in [2.45, 2.75) is 25.3 Å². The molecule has 4 nitrogen and oxygen atoms in total. The molecule has 0 saturated carbocycles. The number of fused-ring (bicyclic) bond motifs is 1. The predicted molar refractivity (Wildman–Crippen MR) is 117 cm³/mol. The van der Waals surface area contributed by atoms with Crippen molar-refractivity contribution in [1.29, 1.82) is 0 Å². The van der Waals surface area contributed by atoms with Crippen LogP contribution in [0, 0.1) is 0 Å². The first-order chi connectivity index (χ1) is 15.1. The summed E-state index contributed by atoms with van der Waals surface area (Å²) in [6.45, 7) is -0.715. The van der Waals surface area contributed by atoms with E-state index in [4.69, 9.17) is 0 Å². The molecule has 0 unspecified atom stereocenters. The Morgan fingerprint density at radius 2 is 1.45 bits per heavy atom. The second-order valence-corrected chi connectivity index (χ2v) is 7.51. The van der Waals surface area contributed by atoms with Gasteiger partial charge in [-0.25, -0.2) is 4.98 Å². The Kier molecular flexibility index (Phi) is 6.07. The normalized spacial score (nSPS) is 12.4. The third kappa shape index (κ3) is 4.33. The van der Waals surface area contributed by atoms with Crippen molar-refractivity contribution >= 4 is 16.9 Å². The zero-order valence-electron chi connectivity index (χ0n) is 17.1. The van der Waals surface area contributed by atoms with Crippen LogP contribution in [0.1, 0.15) is 42.3 Å². The van der Waals surface area contributed by atoms with Crippen molar-refractivity contribution in [2.24, 2.45) is 0 Å². The maximum atomic E-state index is 13.8. The summed E-state index contributed by atoms with van der Waals surface area (Å²) in [7, 11) is 0. The minimum atomic E-state index is -2.71. The van der Waals surface area contributed by atoms with Crippen LogP contribution in [-0.4, -0.2) is 22.0 Å². The molecule has 1 atom stereocenters. The van der Waals surface area contributed by atoms with E-state index in [2.05, 4.69) is 10.3 Å². The summed E-state index contributed by atoms with van der Waals surface area (Å²) in [6, 6.07) is 25.9. The van der Waals surface area contributed by atoms with E-state index in [1.54, 1.807) is 31.2 Å². The highest BCUT2D eigenvalue weighted by molar-refractivity contribution is 5.87. The number of benzene rings is 3. The van der Waals surface area contributed by atoms with Crippen LogP contribution in [0.2, 0.25) is 0 Å². The van der Waals surface area contributed by atoms with Gasteiger partial charge in [-0.1, -0.05) is 79.7 Å². The van der Waals surface area contributed by atoms with Gasteiger partial charge >= 0.3 is 6.55 Å². The highest BCUT2D eigenvalue weighted by atomic mass is 19.3.